The Morgan fingerprint density at radius 2 is 1.32 bits per heavy atom. The van der Waals surface area contributed by atoms with Gasteiger partial charge in [-0.1, -0.05) is 107 Å². The fourth-order valence-electron chi connectivity index (χ4n) is 4.34. The van der Waals surface area contributed by atoms with Crippen LogP contribution in [0.15, 0.2) is 48.5 Å². The molecule has 3 aliphatic rings. The van der Waals surface area contributed by atoms with Gasteiger partial charge in [0.15, 0.2) is 0 Å². The predicted molar refractivity (Wildman–Crippen MR) is 124 cm³/mol. The second-order valence-electron chi connectivity index (χ2n) is 8.65. The first kappa shape index (κ1) is 20.6. The average Bonchev–Trinajstić information content (AvgIpc) is 3.54. The number of fused-ring (bicyclic) bond motifs is 1. The van der Waals surface area contributed by atoms with Crippen LogP contribution in [-0.4, -0.2) is 19.6 Å². The van der Waals surface area contributed by atoms with Gasteiger partial charge in [0.05, 0.1) is 8.65 Å². The predicted octanol–water partition coefficient (Wildman–Crippen LogP) is 6.63. The number of carbonyl (C=O) groups is 1. The number of rotatable bonds is 4. The van der Waals surface area contributed by atoms with Crippen molar-refractivity contribution in [2.45, 2.75) is 47.2 Å². The molecule has 0 aliphatic heterocycles. The molecule has 148 valence electrons. The fraction of sp³-hybridized carbons (Fsp3) is 0.435. The Hall–Kier alpha value is -0.650. The Balaban J connectivity index is 0.000000137. The molecule has 3 fully saturated rings. The Kier molecular flexibility index (Phi) is 4.92. The third kappa shape index (κ3) is 3.04. The number of aliphatic carboxylic acids is 1. The van der Waals surface area contributed by atoms with Crippen LogP contribution in [0, 0.1) is 19.3 Å². The maximum Gasteiger partial charge on any atom is 0.310 e. The summed E-state index contributed by atoms with van der Waals surface area (Å²) in [5, 5.41) is 10.0. The van der Waals surface area contributed by atoms with Crippen LogP contribution in [0.5, 0.6) is 0 Å². The Morgan fingerprint density at radius 3 is 1.64 bits per heavy atom. The lowest BCUT2D eigenvalue weighted by Crippen LogP contribution is -2.15. The molecule has 0 spiro atoms. The van der Waals surface area contributed by atoms with E-state index in [9.17, 15) is 4.79 Å². The molecule has 5 heteroatoms. The summed E-state index contributed by atoms with van der Waals surface area (Å²) in [4.78, 5) is 11.0. The molecule has 0 saturated heterocycles. The van der Waals surface area contributed by atoms with Crippen molar-refractivity contribution in [1.29, 1.82) is 0 Å². The average molecular weight is 571 g/mol. The van der Waals surface area contributed by atoms with Gasteiger partial charge in [-0.05, 0) is 44.2 Å². The minimum absolute atomic E-state index is 0.0204. The summed E-state index contributed by atoms with van der Waals surface area (Å²) in [6, 6.07) is 17.1. The van der Waals surface area contributed by atoms with Crippen LogP contribution in [0.2, 0.25) is 0 Å². The van der Waals surface area contributed by atoms with Gasteiger partial charge in [-0.15, -0.1) is 0 Å². The van der Waals surface area contributed by atoms with Crippen molar-refractivity contribution >= 4 is 53.8 Å². The first-order valence-corrected chi connectivity index (χ1v) is 12.1. The normalized spacial score (nSPS) is 33.2. The van der Waals surface area contributed by atoms with E-state index in [1.165, 1.54) is 22.3 Å². The van der Waals surface area contributed by atoms with Crippen LogP contribution >= 0.6 is 47.8 Å². The van der Waals surface area contributed by atoms with E-state index in [1.807, 2.05) is 6.92 Å². The van der Waals surface area contributed by atoms with Crippen molar-refractivity contribution in [3.63, 3.8) is 0 Å². The minimum atomic E-state index is -0.613. The van der Waals surface area contributed by atoms with Crippen LogP contribution in [-0.2, 0) is 15.6 Å². The van der Waals surface area contributed by atoms with E-state index in [4.69, 9.17) is 5.11 Å². The molecule has 2 nitrogen and oxygen atoms in total. The van der Waals surface area contributed by atoms with E-state index in [-0.39, 0.29) is 19.5 Å². The summed E-state index contributed by atoms with van der Waals surface area (Å²) in [7, 11) is 0. The smallest absolute Gasteiger partial charge is 0.310 e. The monoisotopic (exact) mass is 568 g/mol. The standard InChI is InChI=1S/C12H12O2.C11H11Br3/c1-8-2-4-9(5-3-8)11-6-12(11,7-11)10(13)14;1-8-2-4-9(5-3-8)10(7-12)6-11(10,13)14/h2-5H,6-7H2,1H3,(H,13,14);2-5H,6-7H2,1H3. The number of benzene rings is 2. The summed E-state index contributed by atoms with van der Waals surface area (Å²) in [5.74, 6) is -0.613. The molecule has 3 saturated carbocycles. The topological polar surface area (TPSA) is 37.3 Å². The maximum atomic E-state index is 11.0. The second-order valence-corrected chi connectivity index (χ2v) is 13.0. The van der Waals surface area contributed by atoms with Crippen molar-refractivity contribution in [3.8, 4) is 0 Å². The Labute approximate surface area is 191 Å². The summed E-state index contributed by atoms with van der Waals surface area (Å²) in [6.45, 7) is 4.17. The zero-order valence-electron chi connectivity index (χ0n) is 15.9. The van der Waals surface area contributed by atoms with Gasteiger partial charge in [0.1, 0.15) is 0 Å². The Morgan fingerprint density at radius 1 is 0.893 bits per heavy atom. The highest BCUT2D eigenvalue weighted by Crippen LogP contribution is 2.85. The third-order valence-corrected chi connectivity index (χ3v) is 9.85. The number of carboxylic acids is 1. The maximum absolute atomic E-state index is 11.0. The van der Waals surface area contributed by atoms with E-state index >= 15 is 0 Å². The van der Waals surface area contributed by atoms with E-state index in [0.29, 0.717) is 0 Å². The molecule has 0 aromatic heterocycles. The highest BCUT2D eigenvalue weighted by atomic mass is 79.9. The van der Waals surface area contributed by atoms with Gasteiger partial charge in [-0.25, -0.2) is 0 Å². The van der Waals surface area contributed by atoms with Gasteiger partial charge in [-0.2, -0.15) is 0 Å². The molecule has 2 aromatic rings. The van der Waals surface area contributed by atoms with Gasteiger partial charge in [0, 0.05) is 16.2 Å². The summed E-state index contributed by atoms with van der Waals surface area (Å²) >= 11 is 11.0. The number of hydrogen-bond donors (Lipinski definition) is 1. The van der Waals surface area contributed by atoms with E-state index < -0.39 is 5.97 Å². The molecule has 0 heterocycles. The van der Waals surface area contributed by atoms with Gasteiger partial charge in [0.25, 0.3) is 0 Å². The highest BCUT2D eigenvalue weighted by Gasteiger charge is 2.88. The summed E-state index contributed by atoms with van der Waals surface area (Å²) in [5.41, 5.74) is 5.02. The summed E-state index contributed by atoms with van der Waals surface area (Å²) in [6.07, 6.45) is 2.82. The van der Waals surface area contributed by atoms with Crippen LogP contribution in [0.25, 0.3) is 0 Å². The molecule has 0 amide bonds. The molecule has 28 heavy (non-hydrogen) atoms. The fourth-order valence-corrected chi connectivity index (χ4v) is 7.79. The number of halogens is 3. The molecule has 1 atom stereocenters. The van der Waals surface area contributed by atoms with E-state index in [2.05, 4.69) is 103 Å². The molecular formula is C23H23Br3O2. The lowest BCUT2D eigenvalue weighted by Gasteiger charge is -2.16. The first-order valence-electron chi connectivity index (χ1n) is 9.44. The van der Waals surface area contributed by atoms with Gasteiger partial charge in [0.2, 0.25) is 0 Å². The van der Waals surface area contributed by atoms with Gasteiger partial charge >= 0.3 is 5.97 Å². The molecule has 2 aromatic carbocycles. The first-order chi connectivity index (χ1) is 13.1. The number of carboxylic acid groups (broad SMARTS) is 1. The van der Waals surface area contributed by atoms with Crippen LogP contribution in [0.4, 0.5) is 0 Å². The minimum Gasteiger partial charge on any atom is -0.481 e. The van der Waals surface area contributed by atoms with Crippen LogP contribution in [0.1, 0.15) is 41.5 Å². The number of aryl methyl sites for hydroxylation is 2. The SMILES string of the molecule is Cc1ccc(C2(CBr)CC2(Br)Br)cc1.Cc1ccc(C23CC2(C(=O)O)C3)cc1. The zero-order valence-corrected chi connectivity index (χ0v) is 20.7. The third-order valence-electron chi connectivity index (χ3n) is 6.82. The molecule has 1 N–H and O–H groups in total. The molecule has 0 radical (unpaired) electrons. The Bertz CT molecular complexity index is 912. The largest absolute Gasteiger partial charge is 0.481 e. The van der Waals surface area contributed by atoms with Crippen molar-refractivity contribution in [2.24, 2.45) is 5.41 Å². The molecule has 1 unspecified atom stereocenters. The molecule has 3 aliphatic carbocycles. The number of hydrogen-bond acceptors (Lipinski definition) is 1. The van der Waals surface area contributed by atoms with E-state index in [1.54, 1.807) is 0 Å². The van der Waals surface area contributed by atoms with Crippen LogP contribution < -0.4 is 0 Å². The highest BCUT2D eigenvalue weighted by molar-refractivity contribution is 9.25. The zero-order chi connectivity index (χ0) is 20.4. The molecule has 0 bridgehead atoms. The van der Waals surface area contributed by atoms with E-state index in [0.717, 1.165) is 24.6 Å². The molecular weight excluding hydrogens is 548 g/mol. The van der Waals surface area contributed by atoms with Gasteiger partial charge in [-0.3, -0.25) is 4.79 Å². The van der Waals surface area contributed by atoms with Gasteiger partial charge < -0.3 is 5.11 Å². The van der Waals surface area contributed by atoms with Crippen molar-refractivity contribution < 1.29 is 9.90 Å². The second kappa shape index (κ2) is 6.68. The lowest BCUT2D eigenvalue weighted by atomic mass is 9.97. The quantitative estimate of drug-likeness (QED) is 0.419. The summed E-state index contributed by atoms with van der Waals surface area (Å²) < 4.78 is 0.0890. The number of alkyl halides is 3. The van der Waals surface area contributed by atoms with Crippen molar-refractivity contribution in [2.75, 3.05) is 5.33 Å². The van der Waals surface area contributed by atoms with Crippen molar-refractivity contribution in [1.82, 2.24) is 0 Å². The molecule has 5 rings (SSSR count). The van der Waals surface area contributed by atoms with Crippen LogP contribution in [0.3, 0.4) is 0 Å². The van der Waals surface area contributed by atoms with Crippen molar-refractivity contribution in [3.05, 3.63) is 70.8 Å². The lowest BCUT2D eigenvalue weighted by molar-refractivity contribution is -0.140.